The summed E-state index contributed by atoms with van der Waals surface area (Å²) in [7, 11) is -2.33. The maximum Gasteiger partial charge on any atom is 0.294 e. The number of rotatable bonds is 8. The first-order chi connectivity index (χ1) is 16.4. The van der Waals surface area contributed by atoms with E-state index in [9.17, 15) is 13.2 Å². The molecule has 4 rings (SSSR count). The van der Waals surface area contributed by atoms with E-state index in [2.05, 4.69) is 4.40 Å². The molecule has 10 heteroatoms. The molecule has 1 amide bonds. The molecule has 2 aromatic carbocycles. The monoisotopic (exact) mass is 514 g/mol. The van der Waals surface area contributed by atoms with Crippen LogP contribution in [0.2, 0.25) is 0 Å². The number of carbonyl (C=O) groups is 1. The second-order valence-electron chi connectivity index (χ2n) is 7.13. The average Bonchev–Trinajstić information content (AvgIpc) is 3.48. The van der Waals surface area contributed by atoms with Crippen LogP contribution in [0.3, 0.4) is 0 Å². The Morgan fingerprint density at radius 1 is 1.06 bits per heavy atom. The third-order valence-electron chi connectivity index (χ3n) is 4.87. The number of amidine groups is 1. The Hall–Kier alpha value is -3.08. The van der Waals surface area contributed by atoms with E-state index in [1.165, 1.54) is 11.0 Å². The normalized spacial score (nSPS) is 16.4. The Bertz CT molecular complexity index is 1330. The van der Waals surface area contributed by atoms with Gasteiger partial charge < -0.3 is 9.47 Å². The minimum Gasteiger partial charge on any atom is -0.493 e. The molecule has 7 nitrogen and oxygen atoms in total. The van der Waals surface area contributed by atoms with Gasteiger partial charge in [0.1, 0.15) is 10.8 Å². The zero-order valence-electron chi connectivity index (χ0n) is 18.5. The summed E-state index contributed by atoms with van der Waals surface area (Å²) < 4.78 is 40.6. The first-order valence-corrected chi connectivity index (χ1v) is 13.5. The van der Waals surface area contributed by atoms with Crippen molar-refractivity contribution >= 4 is 50.3 Å². The molecule has 0 N–H and O–H groups in total. The fraction of sp³-hybridized carbons (Fsp3) is 0.167. The van der Waals surface area contributed by atoms with E-state index >= 15 is 0 Å². The SMILES string of the molecule is CCN1C(=O)/C(=C/c2ccc(OCc3ccccc3)c(OC)c2)S/C1=N/S(=O)(=O)c1cccs1. The van der Waals surface area contributed by atoms with Gasteiger partial charge in [-0.2, -0.15) is 8.42 Å². The number of thiophene rings is 1. The molecule has 2 heterocycles. The molecule has 1 aromatic heterocycles. The van der Waals surface area contributed by atoms with Gasteiger partial charge in [0.2, 0.25) is 0 Å². The van der Waals surface area contributed by atoms with Gasteiger partial charge >= 0.3 is 0 Å². The Morgan fingerprint density at radius 2 is 1.85 bits per heavy atom. The molecule has 3 aromatic rings. The van der Waals surface area contributed by atoms with Crippen LogP contribution in [0.1, 0.15) is 18.1 Å². The standard InChI is InChI=1S/C24H22N2O5S3/c1-3-26-23(27)21(33-24(26)25-34(28,29)22-10-7-13-32-22)15-18-11-12-19(20(14-18)30-2)31-16-17-8-5-4-6-9-17/h4-15H,3,16H2,1-2H3/b21-15-,25-24+. The molecule has 34 heavy (non-hydrogen) atoms. The van der Waals surface area contributed by atoms with E-state index < -0.39 is 10.0 Å². The Morgan fingerprint density at radius 3 is 2.53 bits per heavy atom. The van der Waals surface area contributed by atoms with Crippen LogP contribution in [0.4, 0.5) is 0 Å². The first-order valence-electron chi connectivity index (χ1n) is 10.4. The fourth-order valence-electron chi connectivity index (χ4n) is 3.19. The van der Waals surface area contributed by atoms with Crippen molar-refractivity contribution in [3.8, 4) is 11.5 Å². The molecule has 0 unspecified atom stereocenters. The summed E-state index contributed by atoms with van der Waals surface area (Å²) in [6.45, 7) is 2.48. The molecule has 1 aliphatic rings. The van der Waals surface area contributed by atoms with E-state index in [-0.39, 0.29) is 15.3 Å². The van der Waals surface area contributed by atoms with Crippen LogP contribution in [-0.2, 0) is 21.4 Å². The number of amides is 1. The van der Waals surface area contributed by atoms with Gasteiger partial charge in [-0.15, -0.1) is 15.7 Å². The molecule has 0 aliphatic carbocycles. The highest BCUT2D eigenvalue weighted by Gasteiger charge is 2.34. The van der Waals surface area contributed by atoms with E-state index in [0.717, 1.165) is 34.2 Å². The van der Waals surface area contributed by atoms with Crippen LogP contribution in [0, 0.1) is 0 Å². The van der Waals surface area contributed by atoms with E-state index in [0.29, 0.717) is 29.6 Å². The van der Waals surface area contributed by atoms with Gasteiger partial charge in [0.25, 0.3) is 15.9 Å². The highest BCUT2D eigenvalue weighted by molar-refractivity contribution is 8.19. The largest absolute Gasteiger partial charge is 0.493 e. The van der Waals surface area contributed by atoms with Gasteiger partial charge in [-0.1, -0.05) is 42.5 Å². The second kappa shape index (κ2) is 10.5. The van der Waals surface area contributed by atoms with Gasteiger partial charge in [-0.3, -0.25) is 9.69 Å². The average molecular weight is 515 g/mol. The minimum atomic E-state index is -3.88. The van der Waals surface area contributed by atoms with E-state index in [1.807, 2.05) is 36.4 Å². The Kier molecular flexibility index (Phi) is 7.40. The van der Waals surface area contributed by atoms with Crippen molar-refractivity contribution < 1.29 is 22.7 Å². The predicted molar refractivity (Wildman–Crippen MR) is 136 cm³/mol. The van der Waals surface area contributed by atoms with E-state index in [1.54, 1.807) is 43.7 Å². The van der Waals surface area contributed by atoms with Crippen molar-refractivity contribution in [2.24, 2.45) is 4.40 Å². The lowest BCUT2D eigenvalue weighted by atomic mass is 10.1. The van der Waals surface area contributed by atoms with Crippen LogP contribution in [0.25, 0.3) is 6.08 Å². The summed E-state index contributed by atoms with van der Waals surface area (Å²) in [5.41, 5.74) is 1.76. The van der Waals surface area contributed by atoms with Crippen molar-refractivity contribution in [1.29, 1.82) is 0 Å². The number of sulfonamides is 1. The van der Waals surface area contributed by atoms with Gasteiger partial charge in [-0.25, -0.2) is 0 Å². The second-order valence-corrected chi connectivity index (χ2v) is 10.9. The van der Waals surface area contributed by atoms with Crippen LogP contribution >= 0.6 is 23.1 Å². The number of hydrogen-bond acceptors (Lipinski definition) is 7. The maximum absolute atomic E-state index is 12.9. The van der Waals surface area contributed by atoms with E-state index in [4.69, 9.17) is 9.47 Å². The van der Waals surface area contributed by atoms with Crippen LogP contribution in [0.5, 0.6) is 11.5 Å². The highest BCUT2D eigenvalue weighted by Crippen LogP contribution is 2.36. The summed E-state index contributed by atoms with van der Waals surface area (Å²) >= 11 is 2.12. The number of carbonyl (C=O) groups excluding carboxylic acids is 1. The molecule has 176 valence electrons. The van der Waals surface area contributed by atoms with Crippen LogP contribution in [0.15, 0.2) is 79.6 Å². The van der Waals surface area contributed by atoms with Crippen molar-refractivity contribution in [1.82, 2.24) is 4.90 Å². The zero-order chi connectivity index (χ0) is 24.1. The molecule has 1 saturated heterocycles. The molecule has 1 fully saturated rings. The summed E-state index contributed by atoms with van der Waals surface area (Å²) in [5.74, 6) is 0.816. The molecule has 0 atom stereocenters. The summed E-state index contributed by atoms with van der Waals surface area (Å²) in [6, 6.07) is 18.3. The van der Waals surface area contributed by atoms with Crippen molar-refractivity contribution in [2.75, 3.05) is 13.7 Å². The topological polar surface area (TPSA) is 85.3 Å². The highest BCUT2D eigenvalue weighted by atomic mass is 32.2. The molecule has 0 saturated carbocycles. The minimum absolute atomic E-state index is 0.136. The quantitative estimate of drug-likeness (QED) is 0.393. The number of hydrogen-bond donors (Lipinski definition) is 0. The third-order valence-corrected chi connectivity index (χ3v) is 8.64. The van der Waals surface area contributed by atoms with Gasteiger partial charge in [0, 0.05) is 6.54 Å². The maximum atomic E-state index is 12.9. The lowest BCUT2D eigenvalue weighted by Gasteiger charge is -2.12. The molecule has 0 radical (unpaired) electrons. The van der Waals surface area contributed by atoms with Gasteiger partial charge in [-0.05, 0) is 59.5 Å². The summed E-state index contributed by atoms with van der Waals surface area (Å²) in [6.07, 6.45) is 1.69. The number of likely N-dealkylation sites (N-methyl/N-ethyl adjacent to an activating group) is 1. The smallest absolute Gasteiger partial charge is 0.294 e. The predicted octanol–water partition coefficient (Wildman–Crippen LogP) is 5.02. The zero-order valence-corrected chi connectivity index (χ0v) is 21.0. The lowest BCUT2D eigenvalue weighted by molar-refractivity contribution is -0.122. The van der Waals surface area contributed by atoms with Crippen molar-refractivity contribution in [3.05, 3.63) is 82.1 Å². The summed E-state index contributed by atoms with van der Waals surface area (Å²) in [5, 5.41) is 1.81. The van der Waals surface area contributed by atoms with Crippen LogP contribution in [-0.4, -0.2) is 38.0 Å². The van der Waals surface area contributed by atoms with Gasteiger partial charge in [0.15, 0.2) is 16.7 Å². The molecule has 0 spiro atoms. The number of ether oxygens (including phenoxy) is 2. The number of benzene rings is 2. The molecular weight excluding hydrogens is 492 g/mol. The molecular formula is C24H22N2O5S3. The third kappa shape index (κ3) is 5.35. The summed E-state index contributed by atoms with van der Waals surface area (Å²) in [4.78, 5) is 14.6. The van der Waals surface area contributed by atoms with Crippen molar-refractivity contribution in [2.45, 2.75) is 17.7 Å². The number of nitrogens with zero attached hydrogens (tertiary/aromatic N) is 2. The van der Waals surface area contributed by atoms with Gasteiger partial charge in [0.05, 0.1) is 12.0 Å². The Labute approximate surface area is 206 Å². The molecule has 1 aliphatic heterocycles. The molecule has 0 bridgehead atoms. The number of methoxy groups -OCH3 is 1. The first kappa shape index (κ1) is 24.1. The Balaban J connectivity index is 1.57. The number of thioether (sulfide) groups is 1. The lowest BCUT2D eigenvalue weighted by Crippen LogP contribution is -2.29. The fourth-order valence-corrected chi connectivity index (χ4v) is 6.41. The van der Waals surface area contributed by atoms with Crippen molar-refractivity contribution in [3.63, 3.8) is 0 Å². The van der Waals surface area contributed by atoms with Crippen LogP contribution < -0.4 is 9.47 Å².